The Morgan fingerprint density at radius 2 is 1.10 bits per heavy atom. The molecule has 0 amide bonds. The minimum absolute atomic E-state index is 0.282. The summed E-state index contributed by atoms with van der Waals surface area (Å²) >= 11 is 0. The standard InChI is InChI=1S/C26H52O5/c1-20(2)10-6-11-21(3)12-7-13-22(4)14-8-15-23(5)16-9-17-26(30)31-25(19-28)24(29)18-27/h20-25,27-29H,6-19H2,1-5H3/t21?,22?,23?,24-,25+/m0/s1. The highest BCUT2D eigenvalue weighted by molar-refractivity contribution is 5.69. The van der Waals surface area contributed by atoms with E-state index in [-0.39, 0.29) is 6.42 Å². The molecule has 3 unspecified atom stereocenters. The number of rotatable bonds is 20. The van der Waals surface area contributed by atoms with Crippen molar-refractivity contribution in [1.29, 1.82) is 0 Å². The average molecular weight is 445 g/mol. The summed E-state index contributed by atoms with van der Waals surface area (Å²) in [7, 11) is 0. The fourth-order valence-electron chi connectivity index (χ4n) is 4.11. The zero-order valence-corrected chi connectivity index (χ0v) is 21.0. The summed E-state index contributed by atoms with van der Waals surface area (Å²) in [6.07, 6.45) is 11.6. The fourth-order valence-corrected chi connectivity index (χ4v) is 4.11. The largest absolute Gasteiger partial charge is 0.457 e. The molecule has 0 aliphatic heterocycles. The maximum absolute atomic E-state index is 11.8. The van der Waals surface area contributed by atoms with Crippen molar-refractivity contribution < 1.29 is 24.9 Å². The van der Waals surface area contributed by atoms with E-state index in [2.05, 4.69) is 34.6 Å². The first-order chi connectivity index (χ1) is 14.7. The van der Waals surface area contributed by atoms with Crippen LogP contribution in [0.1, 0.15) is 112 Å². The third kappa shape index (κ3) is 17.6. The van der Waals surface area contributed by atoms with Crippen molar-refractivity contribution in [2.75, 3.05) is 13.2 Å². The molecule has 0 rings (SSSR count). The Morgan fingerprint density at radius 1 is 0.677 bits per heavy atom. The van der Waals surface area contributed by atoms with Crippen molar-refractivity contribution in [3.05, 3.63) is 0 Å². The van der Waals surface area contributed by atoms with E-state index < -0.39 is 31.4 Å². The predicted octanol–water partition coefficient (Wildman–Crippen LogP) is 5.49. The highest BCUT2D eigenvalue weighted by Crippen LogP contribution is 2.23. The van der Waals surface area contributed by atoms with Crippen LogP contribution in [0.3, 0.4) is 0 Å². The first-order valence-corrected chi connectivity index (χ1v) is 12.8. The number of ether oxygens (including phenoxy) is 1. The minimum atomic E-state index is -1.23. The van der Waals surface area contributed by atoms with Crippen LogP contribution in [-0.2, 0) is 9.53 Å². The van der Waals surface area contributed by atoms with Crippen LogP contribution in [0.15, 0.2) is 0 Å². The zero-order valence-electron chi connectivity index (χ0n) is 21.0. The van der Waals surface area contributed by atoms with Crippen molar-refractivity contribution in [3.63, 3.8) is 0 Å². The molecular formula is C26H52O5. The number of hydrogen-bond acceptors (Lipinski definition) is 5. The summed E-state index contributed by atoms with van der Waals surface area (Å²) in [5.41, 5.74) is 0. The average Bonchev–Trinajstić information content (AvgIpc) is 2.71. The lowest BCUT2D eigenvalue weighted by Crippen LogP contribution is -2.36. The number of aliphatic hydroxyl groups excluding tert-OH is 3. The second kappa shape index (κ2) is 18.9. The van der Waals surface area contributed by atoms with Gasteiger partial charge >= 0.3 is 5.97 Å². The number of aliphatic hydroxyl groups is 3. The summed E-state index contributed by atoms with van der Waals surface area (Å²) in [6.45, 7) is 10.6. The molecule has 5 heteroatoms. The van der Waals surface area contributed by atoms with Gasteiger partial charge in [-0.25, -0.2) is 0 Å². The molecule has 0 aromatic heterocycles. The molecule has 5 atom stereocenters. The predicted molar refractivity (Wildman–Crippen MR) is 128 cm³/mol. The van der Waals surface area contributed by atoms with Gasteiger partial charge in [-0.2, -0.15) is 0 Å². The topological polar surface area (TPSA) is 87.0 Å². The van der Waals surface area contributed by atoms with Crippen LogP contribution in [0.4, 0.5) is 0 Å². The molecule has 5 nitrogen and oxygen atoms in total. The highest BCUT2D eigenvalue weighted by Gasteiger charge is 2.21. The number of esters is 1. The first kappa shape index (κ1) is 30.4. The van der Waals surface area contributed by atoms with Crippen LogP contribution >= 0.6 is 0 Å². The van der Waals surface area contributed by atoms with Crippen molar-refractivity contribution >= 4 is 5.97 Å². The molecule has 0 bridgehead atoms. The van der Waals surface area contributed by atoms with Gasteiger partial charge in [0.2, 0.25) is 0 Å². The molecule has 0 radical (unpaired) electrons. The van der Waals surface area contributed by atoms with E-state index in [0.717, 1.165) is 30.6 Å². The van der Waals surface area contributed by atoms with Gasteiger partial charge in [0.15, 0.2) is 6.10 Å². The summed E-state index contributed by atoms with van der Waals surface area (Å²) in [4.78, 5) is 11.8. The second-order valence-electron chi connectivity index (χ2n) is 10.4. The SMILES string of the molecule is CC(C)CCCC(C)CCCC(C)CCCC(C)CCCC(=O)O[C@H](CO)[C@@H](O)CO. The minimum Gasteiger partial charge on any atom is -0.457 e. The van der Waals surface area contributed by atoms with Gasteiger partial charge in [-0.3, -0.25) is 4.79 Å². The Kier molecular flexibility index (Phi) is 18.5. The van der Waals surface area contributed by atoms with Crippen LogP contribution in [-0.4, -0.2) is 46.7 Å². The van der Waals surface area contributed by atoms with E-state index in [1.165, 1.54) is 57.8 Å². The summed E-state index contributed by atoms with van der Waals surface area (Å²) in [6, 6.07) is 0. The Morgan fingerprint density at radius 3 is 1.48 bits per heavy atom. The van der Waals surface area contributed by atoms with E-state index in [1.54, 1.807) is 0 Å². The zero-order chi connectivity index (χ0) is 23.6. The molecule has 0 heterocycles. The Bertz CT molecular complexity index is 426. The van der Waals surface area contributed by atoms with E-state index in [0.29, 0.717) is 5.92 Å². The lowest BCUT2D eigenvalue weighted by Gasteiger charge is -2.19. The molecule has 31 heavy (non-hydrogen) atoms. The van der Waals surface area contributed by atoms with Crippen LogP contribution in [0.5, 0.6) is 0 Å². The Balaban J connectivity index is 3.75. The molecule has 0 saturated heterocycles. The van der Waals surface area contributed by atoms with Gasteiger partial charge in [0, 0.05) is 6.42 Å². The number of carbonyl (C=O) groups is 1. The lowest BCUT2D eigenvalue weighted by molar-refractivity contribution is -0.160. The van der Waals surface area contributed by atoms with E-state index in [9.17, 15) is 9.90 Å². The van der Waals surface area contributed by atoms with Gasteiger partial charge < -0.3 is 20.1 Å². The van der Waals surface area contributed by atoms with Gasteiger partial charge in [0.25, 0.3) is 0 Å². The van der Waals surface area contributed by atoms with Crippen LogP contribution in [0, 0.1) is 23.7 Å². The van der Waals surface area contributed by atoms with Crippen molar-refractivity contribution in [2.45, 2.75) is 124 Å². The van der Waals surface area contributed by atoms with E-state index in [4.69, 9.17) is 14.9 Å². The summed E-state index contributed by atoms with van der Waals surface area (Å²) in [5, 5.41) is 27.5. The maximum atomic E-state index is 11.8. The van der Waals surface area contributed by atoms with Gasteiger partial charge in [-0.15, -0.1) is 0 Å². The first-order valence-electron chi connectivity index (χ1n) is 12.8. The molecule has 0 saturated carbocycles. The molecule has 0 fully saturated rings. The van der Waals surface area contributed by atoms with Crippen LogP contribution in [0.2, 0.25) is 0 Å². The monoisotopic (exact) mass is 444 g/mol. The van der Waals surface area contributed by atoms with Crippen molar-refractivity contribution in [3.8, 4) is 0 Å². The molecule has 0 aromatic carbocycles. The molecule has 3 N–H and O–H groups in total. The maximum Gasteiger partial charge on any atom is 0.306 e. The van der Waals surface area contributed by atoms with Crippen LogP contribution < -0.4 is 0 Å². The van der Waals surface area contributed by atoms with Crippen molar-refractivity contribution in [1.82, 2.24) is 0 Å². The second-order valence-corrected chi connectivity index (χ2v) is 10.4. The molecule has 0 aliphatic carbocycles. The Labute approximate surface area is 192 Å². The normalized spacial score (nSPS) is 16.7. The highest BCUT2D eigenvalue weighted by atomic mass is 16.6. The lowest BCUT2D eigenvalue weighted by atomic mass is 9.90. The molecule has 0 aromatic rings. The molecule has 0 aliphatic rings. The summed E-state index contributed by atoms with van der Waals surface area (Å²) in [5.74, 6) is 2.63. The van der Waals surface area contributed by atoms with E-state index >= 15 is 0 Å². The van der Waals surface area contributed by atoms with Gasteiger partial charge in [-0.1, -0.05) is 98.8 Å². The molecule has 0 spiro atoms. The van der Waals surface area contributed by atoms with Gasteiger partial charge in [-0.05, 0) is 30.1 Å². The molecule has 186 valence electrons. The third-order valence-corrected chi connectivity index (χ3v) is 6.42. The Hall–Kier alpha value is -0.650. The molecular weight excluding hydrogens is 392 g/mol. The number of carbonyl (C=O) groups excluding carboxylic acids is 1. The van der Waals surface area contributed by atoms with Gasteiger partial charge in [0.1, 0.15) is 6.10 Å². The van der Waals surface area contributed by atoms with Crippen LogP contribution in [0.25, 0.3) is 0 Å². The quantitative estimate of drug-likeness (QED) is 0.216. The van der Waals surface area contributed by atoms with Gasteiger partial charge in [0.05, 0.1) is 13.2 Å². The smallest absolute Gasteiger partial charge is 0.306 e. The van der Waals surface area contributed by atoms with E-state index in [1.807, 2.05) is 0 Å². The number of hydrogen-bond donors (Lipinski definition) is 3. The summed E-state index contributed by atoms with van der Waals surface area (Å²) < 4.78 is 5.03. The fraction of sp³-hybridized carbons (Fsp3) is 0.962. The van der Waals surface area contributed by atoms with Crippen molar-refractivity contribution in [2.24, 2.45) is 23.7 Å². The third-order valence-electron chi connectivity index (χ3n) is 6.42.